The third-order valence-electron chi connectivity index (χ3n) is 4.27. The Hall–Kier alpha value is -0.610. The SMILES string of the molecule is CN1CCNCC1C1(c2cccc(Cl)c2)COC1. The van der Waals surface area contributed by atoms with Crippen molar-refractivity contribution in [2.24, 2.45) is 0 Å². The minimum atomic E-state index is 0.104. The summed E-state index contributed by atoms with van der Waals surface area (Å²) in [5.74, 6) is 0. The normalized spacial score (nSPS) is 27.8. The van der Waals surface area contributed by atoms with Gasteiger partial charge >= 0.3 is 0 Å². The van der Waals surface area contributed by atoms with Gasteiger partial charge in [0.2, 0.25) is 0 Å². The molecule has 98 valence electrons. The molecule has 0 aromatic heterocycles. The van der Waals surface area contributed by atoms with Crippen molar-refractivity contribution in [2.45, 2.75) is 11.5 Å². The first-order chi connectivity index (χ1) is 8.72. The number of hydrogen-bond acceptors (Lipinski definition) is 3. The summed E-state index contributed by atoms with van der Waals surface area (Å²) in [6.45, 7) is 4.77. The van der Waals surface area contributed by atoms with E-state index in [0.717, 1.165) is 37.9 Å². The molecule has 0 bridgehead atoms. The maximum Gasteiger partial charge on any atom is 0.0601 e. The predicted octanol–water partition coefficient (Wildman–Crippen LogP) is 1.51. The van der Waals surface area contributed by atoms with E-state index in [-0.39, 0.29) is 5.41 Å². The van der Waals surface area contributed by atoms with Crippen LogP contribution in [-0.2, 0) is 10.2 Å². The molecule has 0 spiro atoms. The highest BCUT2D eigenvalue weighted by Gasteiger charge is 2.49. The van der Waals surface area contributed by atoms with Gasteiger partial charge in [0, 0.05) is 30.7 Å². The van der Waals surface area contributed by atoms with Gasteiger partial charge in [-0.05, 0) is 24.7 Å². The number of nitrogens with one attached hydrogen (secondary N) is 1. The average Bonchev–Trinajstić information content (AvgIpc) is 2.30. The lowest BCUT2D eigenvalue weighted by Crippen LogP contribution is -2.66. The van der Waals surface area contributed by atoms with Gasteiger partial charge in [-0.3, -0.25) is 4.90 Å². The highest BCUT2D eigenvalue weighted by atomic mass is 35.5. The van der Waals surface area contributed by atoms with Gasteiger partial charge in [-0.15, -0.1) is 0 Å². The maximum atomic E-state index is 6.14. The second kappa shape index (κ2) is 4.82. The lowest BCUT2D eigenvalue weighted by Gasteiger charge is -2.52. The molecule has 2 aliphatic rings. The van der Waals surface area contributed by atoms with Gasteiger partial charge in [0.15, 0.2) is 0 Å². The molecule has 2 saturated heterocycles. The van der Waals surface area contributed by atoms with Crippen molar-refractivity contribution in [1.29, 1.82) is 0 Å². The van der Waals surface area contributed by atoms with E-state index in [0.29, 0.717) is 6.04 Å². The van der Waals surface area contributed by atoms with E-state index in [1.807, 2.05) is 12.1 Å². The maximum absolute atomic E-state index is 6.14. The van der Waals surface area contributed by atoms with Crippen molar-refractivity contribution < 1.29 is 4.74 Å². The molecule has 3 nitrogen and oxygen atoms in total. The van der Waals surface area contributed by atoms with Crippen molar-refractivity contribution in [2.75, 3.05) is 39.9 Å². The molecule has 4 heteroatoms. The fraction of sp³-hybridized carbons (Fsp3) is 0.571. The highest BCUT2D eigenvalue weighted by molar-refractivity contribution is 6.30. The largest absolute Gasteiger partial charge is 0.379 e. The standard InChI is InChI=1S/C14H19ClN2O/c1-17-6-5-16-8-13(17)14(9-18-10-14)11-3-2-4-12(15)7-11/h2-4,7,13,16H,5-6,8-10H2,1H3. The molecule has 1 aromatic rings. The number of halogens is 1. The number of rotatable bonds is 2. The molecular formula is C14H19ClN2O. The highest BCUT2D eigenvalue weighted by Crippen LogP contribution is 2.39. The van der Waals surface area contributed by atoms with Crippen LogP contribution in [-0.4, -0.2) is 50.8 Å². The third-order valence-corrected chi connectivity index (χ3v) is 4.50. The molecule has 1 unspecified atom stereocenters. The second-order valence-corrected chi connectivity index (χ2v) is 5.80. The van der Waals surface area contributed by atoms with E-state index < -0.39 is 0 Å². The van der Waals surface area contributed by atoms with Crippen LogP contribution in [0.15, 0.2) is 24.3 Å². The Morgan fingerprint density at radius 2 is 2.28 bits per heavy atom. The molecule has 0 saturated carbocycles. The number of nitrogens with zero attached hydrogens (tertiary/aromatic N) is 1. The summed E-state index contributed by atoms with van der Waals surface area (Å²) in [5, 5.41) is 4.30. The van der Waals surface area contributed by atoms with Crippen LogP contribution in [0.3, 0.4) is 0 Å². The van der Waals surface area contributed by atoms with Crippen LogP contribution in [0.25, 0.3) is 0 Å². The molecule has 0 aliphatic carbocycles. The van der Waals surface area contributed by atoms with Gasteiger partial charge < -0.3 is 10.1 Å². The van der Waals surface area contributed by atoms with Crippen LogP contribution >= 0.6 is 11.6 Å². The lowest BCUT2D eigenvalue weighted by atomic mass is 9.71. The van der Waals surface area contributed by atoms with Crippen molar-refractivity contribution in [3.8, 4) is 0 Å². The quantitative estimate of drug-likeness (QED) is 0.878. The number of hydrogen-bond donors (Lipinski definition) is 1. The molecule has 1 atom stereocenters. The van der Waals surface area contributed by atoms with Crippen LogP contribution in [0, 0.1) is 0 Å². The molecule has 3 rings (SSSR count). The Labute approximate surface area is 113 Å². The molecule has 1 N–H and O–H groups in total. The van der Waals surface area contributed by atoms with Gasteiger partial charge in [-0.1, -0.05) is 23.7 Å². The van der Waals surface area contributed by atoms with Gasteiger partial charge in [-0.2, -0.15) is 0 Å². The summed E-state index contributed by atoms with van der Waals surface area (Å²) in [4.78, 5) is 2.44. The summed E-state index contributed by atoms with van der Waals surface area (Å²) in [5.41, 5.74) is 1.41. The molecule has 1 aromatic carbocycles. The third kappa shape index (κ3) is 1.95. The van der Waals surface area contributed by atoms with Gasteiger partial charge in [0.25, 0.3) is 0 Å². The number of benzene rings is 1. The van der Waals surface area contributed by atoms with Crippen LogP contribution in [0.4, 0.5) is 0 Å². The molecule has 2 heterocycles. The Bertz CT molecular complexity index is 434. The topological polar surface area (TPSA) is 24.5 Å². The Kier molecular flexibility index (Phi) is 3.32. The minimum absolute atomic E-state index is 0.104. The minimum Gasteiger partial charge on any atom is -0.379 e. The van der Waals surface area contributed by atoms with Crippen LogP contribution in [0.2, 0.25) is 5.02 Å². The first-order valence-corrected chi connectivity index (χ1v) is 6.85. The lowest BCUT2D eigenvalue weighted by molar-refractivity contribution is -0.103. The smallest absolute Gasteiger partial charge is 0.0601 e. The molecule has 2 fully saturated rings. The van der Waals surface area contributed by atoms with Crippen LogP contribution < -0.4 is 5.32 Å². The van der Waals surface area contributed by atoms with Gasteiger partial charge in [-0.25, -0.2) is 0 Å². The summed E-state index contributed by atoms with van der Waals surface area (Å²) in [6.07, 6.45) is 0. The fourth-order valence-corrected chi connectivity index (χ4v) is 3.28. The predicted molar refractivity (Wildman–Crippen MR) is 73.2 cm³/mol. The van der Waals surface area contributed by atoms with E-state index in [1.54, 1.807) is 0 Å². The fourth-order valence-electron chi connectivity index (χ4n) is 3.09. The number of piperazine rings is 1. The first-order valence-electron chi connectivity index (χ1n) is 6.47. The number of ether oxygens (including phenoxy) is 1. The molecular weight excluding hydrogens is 248 g/mol. The van der Waals surface area contributed by atoms with E-state index in [9.17, 15) is 0 Å². The van der Waals surface area contributed by atoms with Crippen molar-refractivity contribution >= 4 is 11.6 Å². The zero-order valence-corrected chi connectivity index (χ0v) is 11.4. The first kappa shape index (κ1) is 12.4. The second-order valence-electron chi connectivity index (χ2n) is 5.36. The summed E-state index contributed by atoms with van der Waals surface area (Å²) in [6, 6.07) is 8.72. The van der Waals surface area contributed by atoms with Crippen LogP contribution in [0.1, 0.15) is 5.56 Å². The van der Waals surface area contributed by atoms with Crippen LogP contribution in [0.5, 0.6) is 0 Å². The zero-order valence-electron chi connectivity index (χ0n) is 10.7. The average molecular weight is 267 g/mol. The molecule has 0 amide bonds. The Balaban J connectivity index is 1.94. The summed E-state index contributed by atoms with van der Waals surface area (Å²) in [7, 11) is 2.20. The van der Waals surface area contributed by atoms with E-state index in [2.05, 4.69) is 29.4 Å². The summed E-state index contributed by atoms with van der Waals surface area (Å²) >= 11 is 6.14. The van der Waals surface area contributed by atoms with E-state index in [1.165, 1.54) is 5.56 Å². The zero-order chi connectivity index (χ0) is 12.6. The summed E-state index contributed by atoms with van der Waals surface area (Å²) < 4.78 is 5.54. The molecule has 2 aliphatic heterocycles. The van der Waals surface area contributed by atoms with Gasteiger partial charge in [0.05, 0.1) is 18.6 Å². The Morgan fingerprint density at radius 1 is 1.44 bits per heavy atom. The van der Waals surface area contributed by atoms with E-state index >= 15 is 0 Å². The van der Waals surface area contributed by atoms with Crippen molar-refractivity contribution in [3.05, 3.63) is 34.9 Å². The van der Waals surface area contributed by atoms with Crippen molar-refractivity contribution in [1.82, 2.24) is 10.2 Å². The van der Waals surface area contributed by atoms with E-state index in [4.69, 9.17) is 16.3 Å². The Morgan fingerprint density at radius 3 is 2.89 bits per heavy atom. The molecule has 18 heavy (non-hydrogen) atoms. The monoisotopic (exact) mass is 266 g/mol. The number of likely N-dealkylation sites (N-methyl/N-ethyl adjacent to an activating group) is 1. The van der Waals surface area contributed by atoms with Gasteiger partial charge in [0.1, 0.15) is 0 Å². The molecule has 0 radical (unpaired) electrons. The van der Waals surface area contributed by atoms with Crippen molar-refractivity contribution in [3.63, 3.8) is 0 Å².